The van der Waals surface area contributed by atoms with Crippen LogP contribution in [0.15, 0.2) is 29.4 Å². The number of aliphatic hydroxyl groups is 2. The number of aromatic nitrogens is 2. The molecule has 2 aromatic rings. The van der Waals surface area contributed by atoms with E-state index in [1.165, 1.54) is 29.4 Å². The molecule has 3 N–H and O–H groups in total. The molecule has 2 atom stereocenters. The van der Waals surface area contributed by atoms with Crippen LogP contribution in [-0.2, 0) is 16.0 Å². The maximum absolute atomic E-state index is 13.9. The molecule has 0 spiro atoms. The Hall–Kier alpha value is -2.06. The van der Waals surface area contributed by atoms with E-state index in [9.17, 15) is 22.3 Å². The Morgan fingerprint density at radius 1 is 1.32 bits per heavy atom. The molecule has 1 aliphatic heterocycles. The van der Waals surface area contributed by atoms with Crippen LogP contribution in [-0.4, -0.2) is 64.8 Å². The molecule has 2 unspecified atom stereocenters. The SMILES string of the molecule is CC(Oc1cc(NS(=O)(=O)N2CCC2)nc(SCc2cccc(F)c2F)n1)C(O)CO. The van der Waals surface area contributed by atoms with Crippen LogP contribution in [0.4, 0.5) is 14.6 Å². The van der Waals surface area contributed by atoms with Gasteiger partial charge in [-0.3, -0.25) is 4.72 Å². The maximum Gasteiger partial charge on any atom is 0.302 e. The number of rotatable bonds is 10. The maximum atomic E-state index is 13.9. The van der Waals surface area contributed by atoms with Gasteiger partial charge in [0.1, 0.15) is 18.0 Å². The van der Waals surface area contributed by atoms with Crippen molar-refractivity contribution in [3.63, 3.8) is 0 Å². The Kier molecular flexibility index (Phi) is 7.64. The molecule has 0 bridgehead atoms. The average Bonchev–Trinajstić information content (AvgIpc) is 2.66. The predicted molar refractivity (Wildman–Crippen MR) is 110 cm³/mol. The molecule has 1 aromatic heterocycles. The third-order valence-electron chi connectivity index (χ3n) is 4.49. The monoisotopic (exact) mass is 476 g/mol. The molecule has 1 aromatic carbocycles. The van der Waals surface area contributed by atoms with Gasteiger partial charge in [0.25, 0.3) is 0 Å². The number of aliphatic hydroxyl groups excluding tert-OH is 2. The lowest BCUT2D eigenvalue weighted by molar-refractivity contribution is 0.00599. The number of anilines is 1. The van der Waals surface area contributed by atoms with Crippen molar-refractivity contribution in [1.82, 2.24) is 14.3 Å². The summed E-state index contributed by atoms with van der Waals surface area (Å²) in [6.07, 6.45) is -1.28. The molecule has 9 nitrogen and oxygen atoms in total. The smallest absolute Gasteiger partial charge is 0.302 e. The van der Waals surface area contributed by atoms with Gasteiger partial charge < -0.3 is 14.9 Å². The summed E-state index contributed by atoms with van der Waals surface area (Å²) in [4.78, 5) is 8.26. The Morgan fingerprint density at radius 3 is 2.71 bits per heavy atom. The van der Waals surface area contributed by atoms with E-state index < -0.39 is 40.7 Å². The van der Waals surface area contributed by atoms with Crippen LogP contribution in [0.1, 0.15) is 18.9 Å². The first-order valence-electron chi connectivity index (χ1n) is 9.38. The highest BCUT2D eigenvalue weighted by Crippen LogP contribution is 2.27. The largest absolute Gasteiger partial charge is 0.472 e. The summed E-state index contributed by atoms with van der Waals surface area (Å²) in [6.45, 7) is 1.75. The van der Waals surface area contributed by atoms with Gasteiger partial charge in [-0.05, 0) is 19.4 Å². The molecule has 13 heteroatoms. The minimum absolute atomic E-state index is 0.0137. The van der Waals surface area contributed by atoms with E-state index >= 15 is 0 Å². The lowest BCUT2D eigenvalue weighted by atomic mass is 10.2. The summed E-state index contributed by atoms with van der Waals surface area (Å²) in [5.74, 6) is -2.12. The van der Waals surface area contributed by atoms with Crippen molar-refractivity contribution in [1.29, 1.82) is 0 Å². The van der Waals surface area contributed by atoms with E-state index in [0.717, 1.165) is 24.2 Å². The first-order valence-corrected chi connectivity index (χ1v) is 11.8. The fraction of sp³-hybridized carbons (Fsp3) is 0.444. The highest BCUT2D eigenvalue weighted by atomic mass is 32.2. The highest BCUT2D eigenvalue weighted by molar-refractivity contribution is 7.98. The van der Waals surface area contributed by atoms with Gasteiger partial charge in [0.2, 0.25) is 5.88 Å². The average molecular weight is 477 g/mol. The molecule has 0 amide bonds. The summed E-state index contributed by atoms with van der Waals surface area (Å²) in [7, 11) is -3.81. The van der Waals surface area contributed by atoms with Crippen LogP contribution in [0.25, 0.3) is 0 Å². The second-order valence-electron chi connectivity index (χ2n) is 6.81. The summed E-state index contributed by atoms with van der Waals surface area (Å²) >= 11 is 0.951. The number of halogens is 2. The quantitative estimate of drug-likeness (QED) is 0.348. The molecule has 3 rings (SSSR count). The first kappa shape index (κ1) is 23.6. The van der Waals surface area contributed by atoms with Crippen LogP contribution in [0.5, 0.6) is 5.88 Å². The Bertz CT molecular complexity index is 1020. The van der Waals surface area contributed by atoms with E-state index in [2.05, 4.69) is 14.7 Å². The topological polar surface area (TPSA) is 125 Å². The molecule has 1 saturated heterocycles. The van der Waals surface area contributed by atoms with Crippen LogP contribution < -0.4 is 9.46 Å². The highest BCUT2D eigenvalue weighted by Gasteiger charge is 2.28. The second-order valence-corrected chi connectivity index (χ2v) is 9.42. The van der Waals surface area contributed by atoms with E-state index in [0.29, 0.717) is 13.1 Å². The zero-order valence-corrected chi connectivity index (χ0v) is 18.2. The normalized spacial score (nSPS) is 16.4. The molecule has 170 valence electrons. The van der Waals surface area contributed by atoms with Gasteiger partial charge >= 0.3 is 10.2 Å². The lowest BCUT2D eigenvalue weighted by Gasteiger charge is -2.29. The minimum Gasteiger partial charge on any atom is -0.472 e. The molecule has 0 radical (unpaired) electrons. The van der Waals surface area contributed by atoms with Gasteiger partial charge in [-0.1, -0.05) is 23.9 Å². The molecular formula is C18H22F2N4O5S2. The standard InChI is InChI=1S/C18H22F2N4O5S2/c1-11(14(26)9-25)29-16-8-15(23-31(27,28)24-6-3-7-24)21-18(22-16)30-10-12-4-2-5-13(19)17(12)20/h2,4-5,8,11,14,25-26H,3,6-7,9-10H2,1H3,(H,21,22,23). The number of nitrogens with zero attached hydrogens (tertiary/aromatic N) is 3. The lowest BCUT2D eigenvalue weighted by Crippen LogP contribution is -2.45. The number of nitrogens with one attached hydrogen (secondary N) is 1. The number of ether oxygens (including phenoxy) is 1. The Labute approximate surface area is 182 Å². The summed E-state index contributed by atoms with van der Waals surface area (Å²) in [5, 5.41) is 18.8. The van der Waals surface area contributed by atoms with E-state index in [1.54, 1.807) is 0 Å². The summed E-state index contributed by atoms with van der Waals surface area (Å²) < 4.78 is 61.2. The third kappa shape index (κ3) is 6.01. The summed E-state index contributed by atoms with van der Waals surface area (Å²) in [6, 6.07) is 5.04. The van der Waals surface area contributed by atoms with Crippen LogP contribution in [0.2, 0.25) is 0 Å². The predicted octanol–water partition coefficient (Wildman–Crippen LogP) is 1.53. The van der Waals surface area contributed by atoms with Crippen molar-refractivity contribution in [3.05, 3.63) is 41.5 Å². The molecule has 2 heterocycles. The third-order valence-corrected chi connectivity index (χ3v) is 6.90. The van der Waals surface area contributed by atoms with Gasteiger partial charge in [-0.25, -0.2) is 13.8 Å². The van der Waals surface area contributed by atoms with E-state index in [4.69, 9.17) is 9.84 Å². The van der Waals surface area contributed by atoms with Crippen LogP contribution in [0, 0.1) is 11.6 Å². The fourth-order valence-corrected chi connectivity index (χ4v) is 4.59. The van der Waals surface area contributed by atoms with Crippen molar-refractivity contribution in [2.75, 3.05) is 24.4 Å². The second kappa shape index (κ2) is 10.0. The van der Waals surface area contributed by atoms with Gasteiger partial charge in [-0.15, -0.1) is 0 Å². The number of benzene rings is 1. The molecule has 31 heavy (non-hydrogen) atoms. The Balaban J connectivity index is 1.83. The Morgan fingerprint density at radius 2 is 2.06 bits per heavy atom. The molecule has 0 aliphatic carbocycles. The molecule has 1 aliphatic rings. The minimum atomic E-state index is -3.81. The molecular weight excluding hydrogens is 454 g/mol. The van der Waals surface area contributed by atoms with Gasteiger partial charge in [0.15, 0.2) is 16.8 Å². The van der Waals surface area contributed by atoms with Gasteiger partial charge in [0, 0.05) is 30.5 Å². The molecule has 1 fully saturated rings. The first-order chi connectivity index (χ1) is 14.7. The van der Waals surface area contributed by atoms with Gasteiger partial charge in [0.05, 0.1) is 6.61 Å². The summed E-state index contributed by atoms with van der Waals surface area (Å²) in [5.41, 5.74) is 0.0895. The van der Waals surface area contributed by atoms with Crippen molar-refractivity contribution in [2.45, 2.75) is 36.5 Å². The zero-order chi connectivity index (χ0) is 22.6. The zero-order valence-electron chi connectivity index (χ0n) is 16.5. The van der Waals surface area contributed by atoms with Crippen LogP contribution >= 0.6 is 11.8 Å². The van der Waals surface area contributed by atoms with Crippen molar-refractivity contribution < 1.29 is 32.1 Å². The van der Waals surface area contributed by atoms with Crippen LogP contribution in [0.3, 0.4) is 0 Å². The van der Waals surface area contributed by atoms with E-state index in [1.807, 2.05) is 0 Å². The van der Waals surface area contributed by atoms with E-state index in [-0.39, 0.29) is 28.2 Å². The van der Waals surface area contributed by atoms with Gasteiger partial charge in [-0.2, -0.15) is 17.7 Å². The van der Waals surface area contributed by atoms with Crippen molar-refractivity contribution in [2.24, 2.45) is 0 Å². The number of thioether (sulfide) groups is 1. The van der Waals surface area contributed by atoms with Crippen molar-refractivity contribution >= 4 is 27.8 Å². The fourth-order valence-electron chi connectivity index (χ4n) is 2.52. The molecule has 0 saturated carbocycles. The number of hydrogen-bond acceptors (Lipinski definition) is 8. The van der Waals surface area contributed by atoms with Crippen molar-refractivity contribution in [3.8, 4) is 5.88 Å². The number of hydrogen-bond donors (Lipinski definition) is 3.